The van der Waals surface area contributed by atoms with E-state index in [0.717, 1.165) is 11.8 Å². The van der Waals surface area contributed by atoms with E-state index < -0.39 is 11.2 Å². The number of nitrogens with two attached hydrogens (primary N) is 1. The minimum atomic E-state index is -0.525. The minimum Gasteiger partial charge on any atom is -0.369 e. The Balaban J connectivity index is 2.29. The molecule has 7 heteroatoms. The number of carbonyl (C=O) groups excluding carboxylic acids is 1. The summed E-state index contributed by atoms with van der Waals surface area (Å²) in [6.07, 6.45) is 0. The molecule has 24 heavy (non-hydrogen) atoms. The Morgan fingerprint density at radius 1 is 1.25 bits per heavy atom. The summed E-state index contributed by atoms with van der Waals surface area (Å²) in [6, 6.07) is 14.0. The Morgan fingerprint density at radius 3 is 2.71 bits per heavy atom. The lowest BCUT2D eigenvalue weighted by Crippen LogP contribution is -2.26. The maximum Gasteiger partial charge on any atom is 0.266 e. The number of thioether (sulfide) groups is 1. The summed E-state index contributed by atoms with van der Waals surface area (Å²) in [5.41, 5.74) is 6.29. The van der Waals surface area contributed by atoms with Crippen LogP contribution in [0.1, 0.15) is 6.92 Å². The molecule has 0 saturated heterocycles. The number of aromatic nitrogens is 2. The van der Waals surface area contributed by atoms with E-state index >= 15 is 0 Å². The van der Waals surface area contributed by atoms with Gasteiger partial charge in [-0.25, -0.2) is 4.98 Å². The van der Waals surface area contributed by atoms with Gasteiger partial charge in [0.15, 0.2) is 5.16 Å². The van der Waals surface area contributed by atoms with Crippen LogP contribution in [-0.2, 0) is 4.79 Å². The topological polar surface area (TPSA) is 78.0 Å². The Morgan fingerprint density at radius 2 is 2.00 bits per heavy atom. The molecule has 2 aromatic carbocycles. The van der Waals surface area contributed by atoms with Crippen molar-refractivity contribution in [3.63, 3.8) is 0 Å². The monoisotopic (exact) mass is 359 g/mol. The van der Waals surface area contributed by atoms with Gasteiger partial charge in [0.05, 0.1) is 21.8 Å². The predicted octanol–water partition coefficient (Wildman–Crippen LogP) is 3.01. The van der Waals surface area contributed by atoms with Gasteiger partial charge in [-0.1, -0.05) is 41.6 Å². The molecule has 122 valence electrons. The number of benzene rings is 2. The first-order chi connectivity index (χ1) is 11.5. The van der Waals surface area contributed by atoms with E-state index in [1.807, 2.05) is 6.07 Å². The molecular weight excluding hydrogens is 346 g/mol. The number of halogens is 1. The van der Waals surface area contributed by atoms with Crippen molar-refractivity contribution >= 4 is 40.2 Å². The van der Waals surface area contributed by atoms with Crippen LogP contribution >= 0.6 is 23.4 Å². The van der Waals surface area contributed by atoms with E-state index in [2.05, 4.69) is 4.98 Å². The van der Waals surface area contributed by atoms with E-state index in [-0.39, 0.29) is 5.56 Å². The van der Waals surface area contributed by atoms with Crippen molar-refractivity contribution in [2.45, 2.75) is 17.3 Å². The Kier molecular flexibility index (Phi) is 4.59. The van der Waals surface area contributed by atoms with Crippen LogP contribution in [0.15, 0.2) is 58.5 Å². The number of hydrogen-bond acceptors (Lipinski definition) is 4. The zero-order chi connectivity index (χ0) is 17.3. The van der Waals surface area contributed by atoms with Gasteiger partial charge in [0.25, 0.3) is 5.56 Å². The molecule has 0 saturated carbocycles. The van der Waals surface area contributed by atoms with Crippen molar-refractivity contribution in [3.05, 3.63) is 63.9 Å². The van der Waals surface area contributed by atoms with Crippen LogP contribution in [0.5, 0.6) is 0 Å². The average Bonchev–Trinajstić information content (AvgIpc) is 2.55. The number of fused-ring (bicyclic) bond motifs is 1. The highest BCUT2D eigenvalue weighted by molar-refractivity contribution is 8.00. The molecule has 1 amide bonds. The Hall–Kier alpha value is -2.31. The number of rotatable bonds is 4. The third kappa shape index (κ3) is 3.16. The summed E-state index contributed by atoms with van der Waals surface area (Å²) < 4.78 is 1.46. The number of carbonyl (C=O) groups is 1. The van der Waals surface area contributed by atoms with Gasteiger partial charge in [-0.15, -0.1) is 0 Å². The van der Waals surface area contributed by atoms with E-state index in [1.54, 1.807) is 49.4 Å². The van der Waals surface area contributed by atoms with E-state index in [0.29, 0.717) is 26.8 Å². The fraction of sp³-hybridized carbons (Fsp3) is 0.118. The van der Waals surface area contributed by atoms with Crippen LogP contribution in [-0.4, -0.2) is 20.7 Å². The van der Waals surface area contributed by atoms with E-state index in [4.69, 9.17) is 17.3 Å². The summed E-state index contributed by atoms with van der Waals surface area (Å²) in [6.45, 7) is 1.68. The first-order valence-corrected chi connectivity index (χ1v) is 8.47. The Labute approximate surface area is 147 Å². The second-order valence-electron chi connectivity index (χ2n) is 5.19. The lowest BCUT2D eigenvalue weighted by molar-refractivity contribution is -0.117. The quantitative estimate of drug-likeness (QED) is 0.573. The summed E-state index contributed by atoms with van der Waals surface area (Å²) in [5.74, 6) is -0.472. The summed E-state index contributed by atoms with van der Waals surface area (Å²) in [5, 5.41) is 0.871. The lowest BCUT2D eigenvalue weighted by Gasteiger charge is -2.15. The molecule has 1 atom stereocenters. The number of hydrogen-bond donors (Lipinski definition) is 1. The van der Waals surface area contributed by atoms with Gasteiger partial charge < -0.3 is 5.73 Å². The van der Waals surface area contributed by atoms with Gasteiger partial charge in [0.2, 0.25) is 5.91 Å². The number of amides is 1. The molecule has 1 heterocycles. The zero-order valence-corrected chi connectivity index (χ0v) is 14.3. The van der Waals surface area contributed by atoms with E-state index in [1.165, 1.54) is 4.57 Å². The predicted molar refractivity (Wildman–Crippen MR) is 96.9 cm³/mol. The third-order valence-electron chi connectivity index (χ3n) is 3.49. The van der Waals surface area contributed by atoms with Gasteiger partial charge in [-0.05, 0) is 37.3 Å². The first kappa shape index (κ1) is 16.5. The highest BCUT2D eigenvalue weighted by Gasteiger charge is 2.18. The maximum absolute atomic E-state index is 13.0. The maximum atomic E-state index is 13.0. The number of primary amides is 1. The standard InChI is InChI=1S/C17H14ClN3O2S/c1-10(15(19)22)24-17-20-14-8-3-2-7-13(14)16(23)21(17)12-6-4-5-11(18)9-12/h2-10H,1H3,(H2,19,22)/t10-/m0/s1. The molecule has 1 aromatic heterocycles. The first-order valence-electron chi connectivity index (χ1n) is 7.21. The molecule has 0 fully saturated rings. The van der Waals surface area contributed by atoms with Gasteiger partial charge in [-0.2, -0.15) is 0 Å². The van der Waals surface area contributed by atoms with Crippen LogP contribution in [0, 0.1) is 0 Å². The Bertz CT molecular complexity index is 987. The van der Waals surface area contributed by atoms with Crippen LogP contribution in [0.4, 0.5) is 0 Å². The molecule has 0 unspecified atom stereocenters. The van der Waals surface area contributed by atoms with Crippen molar-refractivity contribution in [1.29, 1.82) is 0 Å². The normalized spacial score (nSPS) is 12.2. The largest absolute Gasteiger partial charge is 0.369 e. The molecule has 5 nitrogen and oxygen atoms in total. The van der Waals surface area contributed by atoms with Crippen molar-refractivity contribution in [2.75, 3.05) is 0 Å². The highest BCUT2D eigenvalue weighted by Crippen LogP contribution is 2.25. The fourth-order valence-electron chi connectivity index (χ4n) is 2.25. The number of para-hydroxylation sites is 1. The summed E-state index contributed by atoms with van der Waals surface area (Å²) >= 11 is 7.20. The van der Waals surface area contributed by atoms with Gasteiger partial charge >= 0.3 is 0 Å². The van der Waals surface area contributed by atoms with Gasteiger partial charge in [0, 0.05) is 5.02 Å². The average molecular weight is 360 g/mol. The molecule has 0 aliphatic carbocycles. The molecule has 0 radical (unpaired) electrons. The fourth-order valence-corrected chi connectivity index (χ4v) is 3.31. The summed E-state index contributed by atoms with van der Waals surface area (Å²) in [4.78, 5) is 28.9. The molecule has 2 N–H and O–H groups in total. The van der Waals surface area contributed by atoms with Crippen molar-refractivity contribution in [2.24, 2.45) is 5.73 Å². The molecule has 0 spiro atoms. The SMILES string of the molecule is C[C@H](Sc1nc2ccccc2c(=O)n1-c1cccc(Cl)c1)C(N)=O. The van der Waals surface area contributed by atoms with Crippen molar-refractivity contribution < 1.29 is 4.79 Å². The minimum absolute atomic E-state index is 0.220. The highest BCUT2D eigenvalue weighted by atomic mass is 35.5. The molecular formula is C17H14ClN3O2S. The molecule has 0 aliphatic heterocycles. The molecule has 3 aromatic rings. The van der Waals surface area contributed by atoms with Crippen LogP contribution < -0.4 is 11.3 Å². The lowest BCUT2D eigenvalue weighted by atomic mass is 10.2. The van der Waals surface area contributed by atoms with Crippen LogP contribution in [0.25, 0.3) is 16.6 Å². The van der Waals surface area contributed by atoms with Gasteiger partial charge in [0.1, 0.15) is 0 Å². The van der Waals surface area contributed by atoms with Crippen molar-refractivity contribution in [1.82, 2.24) is 9.55 Å². The molecule has 0 bridgehead atoms. The second kappa shape index (κ2) is 6.67. The molecule has 0 aliphatic rings. The van der Waals surface area contributed by atoms with Crippen LogP contribution in [0.2, 0.25) is 5.02 Å². The zero-order valence-electron chi connectivity index (χ0n) is 12.8. The molecule has 3 rings (SSSR count). The van der Waals surface area contributed by atoms with Crippen molar-refractivity contribution in [3.8, 4) is 5.69 Å². The van der Waals surface area contributed by atoms with E-state index in [9.17, 15) is 9.59 Å². The smallest absolute Gasteiger partial charge is 0.266 e. The number of nitrogens with zero attached hydrogens (tertiary/aromatic N) is 2. The third-order valence-corrected chi connectivity index (χ3v) is 4.80. The summed E-state index contributed by atoms with van der Waals surface area (Å²) in [7, 11) is 0. The van der Waals surface area contributed by atoms with Crippen LogP contribution in [0.3, 0.4) is 0 Å². The van der Waals surface area contributed by atoms with Gasteiger partial charge in [-0.3, -0.25) is 14.2 Å². The second-order valence-corrected chi connectivity index (χ2v) is 6.94.